The lowest BCUT2D eigenvalue weighted by atomic mass is 10.1. The highest BCUT2D eigenvalue weighted by molar-refractivity contribution is 6.42. The zero-order chi connectivity index (χ0) is 17.5. The van der Waals surface area contributed by atoms with Gasteiger partial charge in [-0.3, -0.25) is 4.79 Å². The van der Waals surface area contributed by atoms with Crippen LogP contribution in [0.15, 0.2) is 42.5 Å². The average Bonchev–Trinajstić information content (AvgIpc) is 2.57. The molecule has 0 heterocycles. The third kappa shape index (κ3) is 5.22. The summed E-state index contributed by atoms with van der Waals surface area (Å²) in [6, 6.07) is 10.6. The molecular weight excluding hydrogens is 356 g/mol. The van der Waals surface area contributed by atoms with E-state index < -0.39 is 18.5 Å². The van der Waals surface area contributed by atoms with Gasteiger partial charge in [0.2, 0.25) is 0 Å². The largest absolute Gasteiger partial charge is 0.452 e. The Balaban J connectivity index is 1.75. The Morgan fingerprint density at radius 2 is 1.83 bits per heavy atom. The zero-order valence-corrected chi connectivity index (χ0v) is 14.0. The highest BCUT2D eigenvalue weighted by atomic mass is 35.5. The molecule has 2 rings (SSSR count). The molecule has 1 amide bonds. The van der Waals surface area contributed by atoms with Crippen molar-refractivity contribution in [2.45, 2.75) is 6.42 Å². The van der Waals surface area contributed by atoms with Crippen molar-refractivity contribution in [1.82, 2.24) is 5.32 Å². The second-order valence-corrected chi connectivity index (χ2v) is 5.71. The minimum absolute atomic E-state index is 0.198. The second kappa shape index (κ2) is 8.66. The van der Waals surface area contributed by atoms with Gasteiger partial charge in [-0.2, -0.15) is 0 Å². The molecule has 7 heteroatoms. The van der Waals surface area contributed by atoms with Crippen LogP contribution in [0.25, 0.3) is 0 Å². The van der Waals surface area contributed by atoms with E-state index in [1.165, 1.54) is 24.3 Å². The number of carbonyl (C=O) groups excluding carboxylic acids is 2. The predicted octanol–water partition coefficient (Wildman–Crippen LogP) is 3.65. The van der Waals surface area contributed by atoms with Crippen LogP contribution in [0.3, 0.4) is 0 Å². The van der Waals surface area contributed by atoms with Gasteiger partial charge in [-0.15, -0.1) is 0 Å². The number of nitrogens with one attached hydrogen (secondary N) is 1. The molecule has 0 aliphatic heterocycles. The summed E-state index contributed by atoms with van der Waals surface area (Å²) in [5, 5.41) is 3.10. The Morgan fingerprint density at radius 1 is 1.08 bits per heavy atom. The molecule has 2 aromatic carbocycles. The van der Waals surface area contributed by atoms with E-state index >= 15 is 0 Å². The number of ether oxygens (including phenoxy) is 1. The summed E-state index contributed by atoms with van der Waals surface area (Å²) >= 11 is 11.6. The maximum atomic E-state index is 13.4. The summed E-state index contributed by atoms with van der Waals surface area (Å²) in [5.74, 6) is -1.48. The number of esters is 1. The van der Waals surface area contributed by atoms with Gasteiger partial charge in [0.1, 0.15) is 5.82 Å². The van der Waals surface area contributed by atoms with Gasteiger partial charge in [-0.25, -0.2) is 9.18 Å². The quantitative estimate of drug-likeness (QED) is 0.790. The molecule has 0 atom stereocenters. The normalized spacial score (nSPS) is 10.3. The van der Waals surface area contributed by atoms with E-state index in [0.717, 1.165) is 0 Å². The van der Waals surface area contributed by atoms with Crippen LogP contribution in [0.5, 0.6) is 0 Å². The second-order valence-electron chi connectivity index (χ2n) is 4.90. The Kier molecular flexibility index (Phi) is 6.58. The average molecular weight is 370 g/mol. The van der Waals surface area contributed by atoms with Crippen LogP contribution in [-0.4, -0.2) is 25.0 Å². The van der Waals surface area contributed by atoms with Crippen molar-refractivity contribution in [3.05, 3.63) is 69.5 Å². The van der Waals surface area contributed by atoms with Gasteiger partial charge in [0.25, 0.3) is 5.91 Å². The van der Waals surface area contributed by atoms with Crippen molar-refractivity contribution in [3.63, 3.8) is 0 Å². The Labute approximate surface area is 148 Å². The first-order valence-electron chi connectivity index (χ1n) is 7.09. The van der Waals surface area contributed by atoms with Gasteiger partial charge in [-0.05, 0) is 36.2 Å². The monoisotopic (exact) mass is 369 g/mol. The van der Waals surface area contributed by atoms with Crippen molar-refractivity contribution in [1.29, 1.82) is 0 Å². The highest BCUT2D eigenvalue weighted by Gasteiger charge is 2.12. The highest BCUT2D eigenvalue weighted by Crippen LogP contribution is 2.22. The number of benzene rings is 2. The molecular formula is C17H14Cl2FNO3. The molecule has 0 aliphatic rings. The van der Waals surface area contributed by atoms with Crippen LogP contribution in [0.4, 0.5) is 4.39 Å². The van der Waals surface area contributed by atoms with Gasteiger partial charge in [0, 0.05) is 6.54 Å². The lowest BCUT2D eigenvalue weighted by Gasteiger charge is -2.07. The molecule has 2 aromatic rings. The van der Waals surface area contributed by atoms with E-state index in [1.807, 2.05) is 0 Å². The standard InChI is InChI=1S/C17H14Cl2FNO3/c18-13-6-5-12(9-14(13)19)17(23)24-10-16(22)21-8-7-11-3-1-2-4-15(11)20/h1-6,9H,7-8,10H2,(H,21,22). The molecule has 0 saturated carbocycles. The van der Waals surface area contributed by atoms with E-state index in [2.05, 4.69) is 5.32 Å². The molecule has 4 nitrogen and oxygen atoms in total. The number of amides is 1. The van der Waals surface area contributed by atoms with Crippen LogP contribution in [0.1, 0.15) is 15.9 Å². The third-order valence-corrected chi connectivity index (χ3v) is 3.90. The topological polar surface area (TPSA) is 55.4 Å². The maximum absolute atomic E-state index is 13.4. The molecule has 0 saturated heterocycles. The minimum atomic E-state index is -0.683. The van der Waals surface area contributed by atoms with Crippen molar-refractivity contribution >= 4 is 35.1 Å². The fourth-order valence-corrected chi connectivity index (χ4v) is 2.22. The minimum Gasteiger partial charge on any atom is -0.452 e. The van der Waals surface area contributed by atoms with Gasteiger partial charge >= 0.3 is 5.97 Å². The number of hydrogen-bond donors (Lipinski definition) is 1. The lowest BCUT2D eigenvalue weighted by molar-refractivity contribution is -0.124. The van der Waals surface area contributed by atoms with Crippen molar-refractivity contribution in [2.24, 2.45) is 0 Å². The van der Waals surface area contributed by atoms with Crippen molar-refractivity contribution in [2.75, 3.05) is 13.2 Å². The fraction of sp³-hybridized carbons (Fsp3) is 0.176. The van der Waals surface area contributed by atoms with Gasteiger partial charge in [0.15, 0.2) is 6.61 Å². The number of rotatable bonds is 6. The first-order chi connectivity index (χ1) is 11.5. The van der Waals surface area contributed by atoms with Gasteiger partial charge in [-0.1, -0.05) is 41.4 Å². The third-order valence-electron chi connectivity index (χ3n) is 3.16. The summed E-state index contributed by atoms with van der Waals surface area (Å²) in [5.41, 5.74) is 0.703. The lowest BCUT2D eigenvalue weighted by Crippen LogP contribution is -2.30. The summed E-state index contributed by atoms with van der Waals surface area (Å²) in [6.45, 7) is -0.194. The van der Waals surface area contributed by atoms with E-state index in [4.69, 9.17) is 27.9 Å². The molecule has 0 radical (unpaired) electrons. The number of halogens is 3. The molecule has 0 aliphatic carbocycles. The fourth-order valence-electron chi connectivity index (χ4n) is 1.93. The smallest absolute Gasteiger partial charge is 0.338 e. The SMILES string of the molecule is O=C(COC(=O)c1ccc(Cl)c(Cl)c1)NCCc1ccccc1F. The first-order valence-corrected chi connectivity index (χ1v) is 7.85. The van der Waals surface area contributed by atoms with Crippen LogP contribution < -0.4 is 5.32 Å². The summed E-state index contributed by atoms with van der Waals surface area (Å²) in [4.78, 5) is 23.4. The number of carbonyl (C=O) groups is 2. The van der Waals surface area contributed by atoms with E-state index in [9.17, 15) is 14.0 Å². The number of hydrogen-bond acceptors (Lipinski definition) is 3. The molecule has 126 valence electrons. The molecule has 0 unspecified atom stereocenters. The van der Waals surface area contributed by atoms with Crippen LogP contribution in [0, 0.1) is 5.82 Å². The van der Waals surface area contributed by atoms with Crippen molar-refractivity contribution in [3.8, 4) is 0 Å². The van der Waals surface area contributed by atoms with E-state index in [1.54, 1.807) is 18.2 Å². The first kappa shape index (κ1) is 18.2. The van der Waals surface area contributed by atoms with E-state index in [-0.39, 0.29) is 22.9 Å². The molecule has 24 heavy (non-hydrogen) atoms. The predicted molar refractivity (Wildman–Crippen MR) is 89.9 cm³/mol. The molecule has 0 spiro atoms. The summed E-state index contributed by atoms with van der Waals surface area (Å²) in [6.07, 6.45) is 0.346. The Hall–Kier alpha value is -2.11. The summed E-state index contributed by atoms with van der Waals surface area (Å²) in [7, 11) is 0. The summed E-state index contributed by atoms with van der Waals surface area (Å²) < 4.78 is 18.3. The molecule has 0 bridgehead atoms. The van der Waals surface area contributed by atoms with Crippen molar-refractivity contribution < 1.29 is 18.7 Å². The zero-order valence-electron chi connectivity index (χ0n) is 12.5. The molecule has 0 fully saturated rings. The van der Waals surface area contributed by atoms with E-state index in [0.29, 0.717) is 17.0 Å². The Morgan fingerprint density at radius 3 is 2.54 bits per heavy atom. The van der Waals surface area contributed by atoms with Crippen LogP contribution in [-0.2, 0) is 16.0 Å². The van der Waals surface area contributed by atoms with Gasteiger partial charge in [0.05, 0.1) is 15.6 Å². The van der Waals surface area contributed by atoms with Gasteiger partial charge < -0.3 is 10.1 Å². The molecule has 0 aromatic heterocycles. The molecule has 1 N–H and O–H groups in total. The Bertz CT molecular complexity index is 752. The maximum Gasteiger partial charge on any atom is 0.338 e. The van der Waals surface area contributed by atoms with Crippen LogP contribution in [0.2, 0.25) is 10.0 Å². The van der Waals surface area contributed by atoms with Crippen LogP contribution >= 0.6 is 23.2 Å².